The number of benzene rings is 3. The molecule has 0 saturated carbocycles. The number of nitrogens with one attached hydrogen (secondary N) is 1. The van der Waals surface area contributed by atoms with Gasteiger partial charge < -0.3 is 0 Å². The van der Waals surface area contributed by atoms with Crippen molar-refractivity contribution in [1.29, 1.82) is 5.26 Å². The van der Waals surface area contributed by atoms with Gasteiger partial charge in [0.1, 0.15) is 6.33 Å². The molecule has 1 N–H and O–H groups in total. The summed E-state index contributed by atoms with van der Waals surface area (Å²) in [7, 11) is -4.12. The van der Waals surface area contributed by atoms with E-state index < -0.39 is 49.6 Å². The van der Waals surface area contributed by atoms with Crippen LogP contribution in [0, 0.1) is 17.2 Å². The average molecular weight is 877 g/mol. The van der Waals surface area contributed by atoms with Crippen molar-refractivity contribution < 1.29 is 44.3 Å². The zero-order chi connectivity index (χ0) is 40.1. The number of rotatable bonds is 12. The quantitative estimate of drug-likeness (QED) is 0.0751. The molecule has 10 nitrogen and oxygen atoms in total. The number of halogens is 6. The van der Waals surface area contributed by atoms with E-state index in [0.717, 1.165) is 52.0 Å². The van der Waals surface area contributed by atoms with Gasteiger partial charge in [0.2, 0.25) is 5.13 Å². The number of pyridine rings is 1. The van der Waals surface area contributed by atoms with Gasteiger partial charge in [-0.05, 0) is 0 Å². The fraction of sp³-hybridized carbons (Fsp3) is 0.270. The van der Waals surface area contributed by atoms with Crippen LogP contribution in [-0.2, 0) is 26.2 Å². The first-order valence-electron chi connectivity index (χ1n) is 17.0. The van der Waals surface area contributed by atoms with Crippen molar-refractivity contribution in [3.05, 3.63) is 102 Å². The molecule has 0 aliphatic carbocycles. The molecule has 1 aliphatic rings. The number of likely N-dealkylation sites (tertiary alicyclic amines) is 1. The monoisotopic (exact) mass is 876 g/mol. The van der Waals surface area contributed by atoms with Gasteiger partial charge in [0.15, 0.2) is 0 Å². The van der Waals surface area contributed by atoms with E-state index in [2.05, 4.69) is 19.1 Å². The second-order valence-corrected chi connectivity index (χ2v) is 18.1. The van der Waals surface area contributed by atoms with Crippen LogP contribution >= 0.6 is 11.5 Å². The van der Waals surface area contributed by atoms with Gasteiger partial charge in [-0.2, -0.15) is 4.37 Å². The number of carbonyl (C=O) groups excluding carboxylic acids is 1. The van der Waals surface area contributed by atoms with Crippen molar-refractivity contribution in [3.63, 3.8) is 0 Å². The van der Waals surface area contributed by atoms with Gasteiger partial charge in [-0.25, -0.2) is 13.4 Å². The van der Waals surface area contributed by atoms with E-state index in [1.165, 1.54) is 24.5 Å². The van der Waals surface area contributed by atoms with Gasteiger partial charge in [0, 0.05) is 11.5 Å². The van der Waals surface area contributed by atoms with Crippen LogP contribution in [0.25, 0.3) is 22.3 Å². The van der Waals surface area contributed by atoms with Crippen molar-refractivity contribution in [3.8, 4) is 39.8 Å². The molecule has 1 unspecified atom stereocenters. The molecular weight excluding hydrogens is 845 g/mol. The Hall–Kier alpha value is -4.98. The summed E-state index contributed by atoms with van der Waals surface area (Å²) in [5, 5.41) is 11.6. The predicted molar refractivity (Wildman–Crippen MR) is 198 cm³/mol. The van der Waals surface area contributed by atoms with Gasteiger partial charge in [-0.15, -0.1) is 0 Å². The second kappa shape index (κ2) is 17.0. The Morgan fingerprint density at radius 3 is 2.39 bits per heavy atom. The van der Waals surface area contributed by atoms with Crippen molar-refractivity contribution in [2.24, 2.45) is 5.92 Å². The Bertz CT molecular complexity index is 2350. The Kier molecular flexibility index (Phi) is 12.4. The van der Waals surface area contributed by atoms with Gasteiger partial charge in [-0.1, -0.05) is 0 Å². The molecule has 1 fully saturated rings. The van der Waals surface area contributed by atoms with Crippen LogP contribution in [0.4, 0.5) is 31.5 Å². The summed E-state index contributed by atoms with van der Waals surface area (Å²) >= 11 is 0.276. The molecule has 1 aliphatic heterocycles. The standard InChI is InChI=1S/C37H31AsF6N6O4S2/c39-36(40,41)28-3-1-2-24(16-28)25-4-6-33(54-32-7-5-30(18-27(32)21-45)56(52,53)49-35-47-22-48-55-35)31(19-25)26-9-13-46-29(17-26)20-38-12-8-23-10-14-50(15-11-23)34(51)37(42,43)44/h1-7,9,13,16-19,22-23,38H,8,10-12,14-15,20H2,(H,47,48,49). The number of aromatic nitrogens is 3. The average Bonchev–Trinajstić information content (AvgIpc) is 3.68. The summed E-state index contributed by atoms with van der Waals surface area (Å²) in [6, 6.07) is 19.0. The molecule has 1 atom stereocenters. The second-order valence-electron chi connectivity index (χ2n) is 12.7. The van der Waals surface area contributed by atoms with Crippen molar-refractivity contribution in [1.82, 2.24) is 19.2 Å². The summed E-state index contributed by atoms with van der Waals surface area (Å²) in [5.41, 5.74) is 1.71. The number of piperidine rings is 1. The van der Waals surface area contributed by atoms with Gasteiger partial charge >= 0.3 is 284 Å². The van der Waals surface area contributed by atoms with Crippen LogP contribution in [-0.4, -0.2) is 68.6 Å². The van der Waals surface area contributed by atoms with Crippen LogP contribution in [0.1, 0.15) is 36.1 Å². The van der Waals surface area contributed by atoms with Gasteiger partial charge in [0.25, 0.3) is 0 Å². The number of carbonyl (C=O) groups is 1. The maximum atomic E-state index is 13.6. The van der Waals surface area contributed by atoms with E-state index in [1.807, 2.05) is 12.1 Å². The number of ether oxygens (including phenoxy) is 1. The molecule has 19 heteroatoms. The molecule has 0 spiro atoms. The van der Waals surface area contributed by atoms with E-state index in [-0.39, 0.29) is 46.1 Å². The third-order valence-electron chi connectivity index (χ3n) is 8.99. The van der Waals surface area contributed by atoms with Crippen LogP contribution in [0.5, 0.6) is 11.5 Å². The molecule has 3 heterocycles. The fourth-order valence-electron chi connectivity index (χ4n) is 6.13. The summed E-state index contributed by atoms with van der Waals surface area (Å²) in [5.74, 6) is -1.29. The van der Waals surface area contributed by atoms with Crippen LogP contribution < -0.4 is 9.46 Å². The predicted octanol–water partition coefficient (Wildman–Crippen LogP) is 8.30. The first-order valence-corrected chi connectivity index (χ1v) is 22.2. The molecule has 0 radical (unpaired) electrons. The number of alkyl halides is 6. The number of hydrogen-bond acceptors (Lipinski definition) is 9. The van der Waals surface area contributed by atoms with Crippen LogP contribution in [0.2, 0.25) is 5.21 Å². The molecule has 292 valence electrons. The molecule has 56 heavy (non-hydrogen) atoms. The van der Waals surface area contributed by atoms with Crippen molar-refractivity contribution >= 4 is 48.3 Å². The molecule has 6 rings (SSSR count). The summed E-state index contributed by atoms with van der Waals surface area (Å²) < 4.78 is 117. The van der Waals surface area contributed by atoms with Crippen molar-refractivity contribution in [2.75, 3.05) is 17.8 Å². The van der Waals surface area contributed by atoms with E-state index in [9.17, 15) is 44.8 Å². The number of anilines is 1. The normalized spacial score (nSPS) is 14.2. The Balaban J connectivity index is 1.23. The minimum atomic E-state index is -4.87. The summed E-state index contributed by atoms with van der Waals surface area (Å²) in [6.45, 7) is 0.163. The summed E-state index contributed by atoms with van der Waals surface area (Å²) in [4.78, 5) is 20.5. The van der Waals surface area contributed by atoms with Crippen LogP contribution in [0.15, 0.2) is 90.2 Å². The maximum absolute atomic E-state index is 13.6. The minimum absolute atomic E-state index is 0.0324. The Morgan fingerprint density at radius 1 is 0.946 bits per heavy atom. The first-order chi connectivity index (χ1) is 26.6. The van der Waals surface area contributed by atoms with E-state index in [0.29, 0.717) is 40.3 Å². The van der Waals surface area contributed by atoms with E-state index in [1.54, 1.807) is 36.5 Å². The number of sulfonamides is 1. The van der Waals surface area contributed by atoms with Crippen molar-refractivity contribution in [2.45, 2.75) is 46.9 Å². The number of nitriles is 1. The van der Waals surface area contributed by atoms with E-state index >= 15 is 0 Å². The van der Waals surface area contributed by atoms with Gasteiger partial charge in [-0.3, -0.25) is 4.72 Å². The molecule has 5 aromatic rings. The molecular formula is C37H31AsF6N6O4S2. The third kappa shape index (κ3) is 10.1. The Labute approximate surface area is 328 Å². The van der Waals surface area contributed by atoms with E-state index in [4.69, 9.17) is 4.74 Å². The zero-order valence-electron chi connectivity index (χ0n) is 29.1. The fourth-order valence-corrected chi connectivity index (χ4v) is 10.4. The number of nitrogens with zero attached hydrogens (tertiary/aromatic N) is 5. The molecule has 0 bridgehead atoms. The first kappa shape index (κ1) is 40.7. The topological polar surface area (TPSA) is 138 Å². The van der Waals surface area contributed by atoms with Gasteiger partial charge in [0.05, 0.1) is 0 Å². The number of amides is 1. The van der Waals surface area contributed by atoms with Crippen LogP contribution in [0.3, 0.4) is 0 Å². The molecule has 1 amide bonds. The number of hydrogen-bond donors (Lipinski definition) is 1. The third-order valence-corrected chi connectivity index (χ3v) is 13.7. The molecule has 3 aromatic carbocycles. The SMILES string of the molecule is N#Cc1cc(S(=O)(=O)Nc2ncns2)ccc1Oc1ccc(-c2cccc(C(F)(F)F)c2)cc1-c1ccnc(C[AsH]CCC2CCN(C(=O)C(F)(F)F)CC2)c1. The molecule has 1 saturated heterocycles. The Morgan fingerprint density at radius 2 is 1.70 bits per heavy atom. The summed E-state index contributed by atoms with van der Waals surface area (Å²) in [6.07, 6.45) is -4.77. The zero-order valence-corrected chi connectivity index (χ0v) is 32.8. The molecule has 2 aromatic heterocycles.